The van der Waals surface area contributed by atoms with Crippen molar-refractivity contribution in [3.8, 4) is 0 Å². The Morgan fingerprint density at radius 1 is 0.950 bits per heavy atom. The highest BCUT2D eigenvalue weighted by Crippen LogP contribution is 2.30. The van der Waals surface area contributed by atoms with Crippen LogP contribution in [0.4, 0.5) is 0 Å². The molecule has 1 aliphatic heterocycles. The Balaban J connectivity index is 1.45. The van der Waals surface area contributed by atoms with Gasteiger partial charge < -0.3 is 10.2 Å². The number of nitrogens with zero attached hydrogens (tertiary/aromatic N) is 1. The third-order valence-electron chi connectivity index (χ3n) is 6.16. The molecule has 2 saturated carbocycles. The monoisotopic (exact) mass is 278 g/mol. The van der Waals surface area contributed by atoms with Crippen molar-refractivity contribution in [1.82, 2.24) is 10.2 Å². The van der Waals surface area contributed by atoms with E-state index >= 15 is 0 Å². The van der Waals surface area contributed by atoms with Gasteiger partial charge in [0.15, 0.2) is 0 Å². The number of nitrogens with one attached hydrogen (secondary N) is 1. The van der Waals surface area contributed by atoms with Gasteiger partial charge in [0.1, 0.15) is 0 Å². The average molecular weight is 278 g/mol. The highest BCUT2D eigenvalue weighted by Gasteiger charge is 2.29. The summed E-state index contributed by atoms with van der Waals surface area (Å²) in [4.78, 5) is 2.79. The van der Waals surface area contributed by atoms with Crippen LogP contribution in [-0.2, 0) is 0 Å². The standard InChI is InChI=1S/C18H34N2/c1-15-7-9-16(10-8-15)13-20-12-11-19-18(14-20)17-5-3-2-4-6-17/h15-19H,2-14H2,1H3. The van der Waals surface area contributed by atoms with E-state index in [1.807, 2.05) is 0 Å². The molecule has 0 spiro atoms. The van der Waals surface area contributed by atoms with Gasteiger partial charge in [0.25, 0.3) is 0 Å². The van der Waals surface area contributed by atoms with Crippen LogP contribution in [0.1, 0.15) is 64.7 Å². The van der Waals surface area contributed by atoms with Crippen molar-refractivity contribution < 1.29 is 0 Å². The summed E-state index contributed by atoms with van der Waals surface area (Å²) in [7, 11) is 0. The zero-order valence-corrected chi connectivity index (χ0v) is 13.4. The van der Waals surface area contributed by atoms with Gasteiger partial charge in [-0.2, -0.15) is 0 Å². The summed E-state index contributed by atoms with van der Waals surface area (Å²) in [5.74, 6) is 2.96. The molecule has 1 N–H and O–H groups in total. The molecule has 0 bridgehead atoms. The maximum Gasteiger partial charge on any atom is 0.0223 e. The first-order valence-electron chi connectivity index (χ1n) is 9.27. The molecule has 2 nitrogen and oxygen atoms in total. The van der Waals surface area contributed by atoms with Gasteiger partial charge in [-0.3, -0.25) is 0 Å². The van der Waals surface area contributed by atoms with Gasteiger partial charge >= 0.3 is 0 Å². The number of piperazine rings is 1. The molecule has 1 heterocycles. The largest absolute Gasteiger partial charge is 0.311 e. The molecule has 3 fully saturated rings. The third-order valence-corrected chi connectivity index (χ3v) is 6.16. The van der Waals surface area contributed by atoms with Gasteiger partial charge in [-0.15, -0.1) is 0 Å². The van der Waals surface area contributed by atoms with E-state index in [0.29, 0.717) is 0 Å². The Bertz CT molecular complexity index is 277. The molecule has 0 aromatic heterocycles. The lowest BCUT2D eigenvalue weighted by Crippen LogP contribution is -2.54. The lowest BCUT2D eigenvalue weighted by Gasteiger charge is -2.41. The lowest BCUT2D eigenvalue weighted by molar-refractivity contribution is 0.116. The normalized spacial score (nSPS) is 38.0. The predicted molar refractivity (Wildman–Crippen MR) is 85.9 cm³/mol. The molecule has 2 aliphatic carbocycles. The van der Waals surface area contributed by atoms with E-state index in [9.17, 15) is 0 Å². The smallest absolute Gasteiger partial charge is 0.0223 e. The lowest BCUT2D eigenvalue weighted by atomic mass is 9.81. The highest BCUT2D eigenvalue weighted by molar-refractivity contribution is 4.87. The van der Waals surface area contributed by atoms with Crippen LogP contribution < -0.4 is 5.32 Å². The predicted octanol–water partition coefficient (Wildman–Crippen LogP) is 3.67. The maximum atomic E-state index is 3.82. The molecule has 0 aromatic rings. The fourth-order valence-electron chi connectivity index (χ4n) is 4.74. The topological polar surface area (TPSA) is 15.3 Å². The summed E-state index contributed by atoms with van der Waals surface area (Å²) < 4.78 is 0. The second-order valence-electron chi connectivity index (χ2n) is 7.84. The van der Waals surface area contributed by atoms with Crippen LogP contribution in [0.5, 0.6) is 0 Å². The zero-order valence-electron chi connectivity index (χ0n) is 13.4. The number of hydrogen-bond acceptors (Lipinski definition) is 2. The van der Waals surface area contributed by atoms with Gasteiger partial charge in [0.05, 0.1) is 0 Å². The van der Waals surface area contributed by atoms with E-state index in [2.05, 4.69) is 17.1 Å². The van der Waals surface area contributed by atoms with E-state index in [4.69, 9.17) is 0 Å². The van der Waals surface area contributed by atoms with Crippen molar-refractivity contribution in [2.45, 2.75) is 70.8 Å². The molecular formula is C18H34N2. The quantitative estimate of drug-likeness (QED) is 0.847. The second-order valence-corrected chi connectivity index (χ2v) is 7.84. The van der Waals surface area contributed by atoms with E-state index in [1.165, 1.54) is 84.0 Å². The average Bonchev–Trinajstić information content (AvgIpc) is 2.51. The second kappa shape index (κ2) is 7.26. The summed E-state index contributed by atoms with van der Waals surface area (Å²) in [6, 6.07) is 0.798. The van der Waals surface area contributed by atoms with E-state index in [-0.39, 0.29) is 0 Å². The van der Waals surface area contributed by atoms with Crippen molar-refractivity contribution in [2.75, 3.05) is 26.2 Å². The first-order chi connectivity index (χ1) is 9.81. The molecular weight excluding hydrogens is 244 g/mol. The first kappa shape index (κ1) is 14.8. The molecule has 1 saturated heterocycles. The SMILES string of the molecule is CC1CCC(CN2CCNC(C3CCCCC3)C2)CC1. The highest BCUT2D eigenvalue weighted by atomic mass is 15.2. The van der Waals surface area contributed by atoms with Crippen molar-refractivity contribution in [3.63, 3.8) is 0 Å². The van der Waals surface area contributed by atoms with Gasteiger partial charge in [0.2, 0.25) is 0 Å². The molecule has 0 radical (unpaired) electrons. The van der Waals surface area contributed by atoms with Crippen LogP contribution in [0, 0.1) is 17.8 Å². The molecule has 116 valence electrons. The van der Waals surface area contributed by atoms with Gasteiger partial charge in [-0.05, 0) is 43.4 Å². The van der Waals surface area contributed by atoms with Gasteiger partial charge in [-0.1, -0.05) is 39.0 Å². The molecule has 0 amide bonds. The van der Waals surface area contributed by atoms with Crippen LogP contribution in [0.3, 0.4) is 0 Å². The molecule has 20 heavy (non-hydrogen) atoms. The van der Waals surface area contributed by atoms with Crippen LogP contribution in [0.15, 0.2) is 0 Å². The van der Waals surface area contributed by atoms with Crippen LogP contribution in [-0.4, -0.2) is 37.1 Å². The zero-order chi connectivity index (χ0) is 13.8. The Morgan fingerprint density at radius 2 is 1.70 bits per heavy atom. The Kier molecular flexibility index (Phi) is 5.39. The molecule has 1 unspecified atom stereocenters. The third kappa shape index (κ3) is 3.98. The Morgan fingerprint density at radius 3 is 2.45 bits per heavy atom. The van der Waals surface area contributed by atoms with E-state index < -0.39 is 0 Å². The molecule has 0 aromatic carbocycles. The Hall–Kier alpha value is -0.0800. The van der Waals surface area contributed by atoms with E-state index in [0.717, 1.165) is 23.8 Å². The first-order valence-corrected chi connectivity index (χ1v) is 9.27. The van der Waals surface area contributed by atoms with Crippen LogP contribution >= 0.6 is 0 Å². The minimum Gasteiger partial charge on any atom is -0.311 e. The fourth-order valence-corrected chi connectivity index (χ4v) is 4.74. The minimum absolute atomic E-state index is 0.798. The summed E-state index contributed by atoms with van der Waals surface area (Å²) in [5, 5.41) is 3.82. The minimum atomic E-state index is 0.798. The van der Waals surface area contributed by atoms with Crippen molar-refractivity contribution in [1.29, 1.82) is 0 Å². The van der Waals surface area contributed by atoms with Gasteiger partial charge in [-0.25, -0.2) is 0 Å². The van der Waals surface area contributed by atoms with Gasteiger partial charge in [0, 0.05) is 32.2 Å². The number of rotatable bonds is 3. The fraction of sp³-hybridized carbons (Fsp3) is 1.00. The summed E-state index contributed by atoms with van der Waals surface area (Å²) in [6.45, 7) is 7.66. The molecule has 1 atom stereocenters. The summed E-state index contributed by atoms with van der Waals surface area (Å²) in [5.41, 5.74) is 0. The summed E-state index contributed by atoms with van der Waals surface area (Å²) in [6.07, 6.45) is 13.3. The van der Waals surface area contributed by atoms with Crippen molar-refractivity contribution >= 4 is 0 Å². The maximum absolute atomic E-state index is 3.82. The Labute approximate surface area is 125 Å². The van der Waals surface area contributed by atoms with Crippen LogP contribution in [0.2, 0.25) is 0 Å². The molecule has 3 rings (SSSR count). The van der Waals surface area contributed by atoms with Crippen LogP contribution in [0.25, 0.3) is 0 Å². The summed E-state index contributed by atoms with van der Waals surface area (Å²) >= 11 is 0. The van der Waals surface area contributed by atoms with Crippen molar-refractivity contribution in [3.05, 3.63) is 0 Å². The van der Waals surface area contributed by atoms with E-state index in [1.54, 1.807) is 0 Å². The van der Waals surface area contributed by atoms with Crippen molar-refractivity contribution in [2.24, 2.45) is 17.8 Å². The molecule has 3 aliphatic rings. The molecule has 2 heteroatoms. The number of hydrogen-bond donors (Lipinski definition) is 1.